The Labute approximate surface area is 147 Å². The van der Waals surface area contributed by atoms with Gasteiger partial charge in [-0.05, 0) is 51.9 Å². The molecule has 128 valence electrons. The molecule has 0 bridgehead atoms. The van der Waals surface area contributed by atoms with Gasteiger partial charge in [0.15, 0.2) is 0 Å². The van der Waals surface area contributed by atoms with Crippen LogP contribution in [0.3, 0.4) is 0 Å². The summed E-state index contributed by atoms with van der Waals surface area (Å²) in [4.78, 5) is 0. The Morgan fingerprint density at radius 1 is 0.840 bits per heavy atom. The van der Waals surface area contributed by atoms with E-state index in [-0.39, 0.29) is 13.2 Å². The zero-order chi connectivity index (χ0) is 17.4. The van der Waals surface area contributed by atoms with Gasteiger partial charge in [0.1, 0.15) is 0 Å². The van der Waals surface area contributed by atoms with E-state index in [4.69, 9.17) is 0 Å². The first kappa shape index (κ1) is 16.3. The first-order valence-corrected chi connectivity index (χ1v) is 8.78. The minimum Gasteiger partial charge on any atom is -0.396 e. The van der Waals surface area contributed by atoms with Gasteiger partial charge in [0.05, 0.1) is 6.61 Å². The SMILES string of the molecule is CC(CO)(CCO)NCc1ccc2c3c(cccc13)-c1ccccc1-2. The number of rotatable bonds is 6. The highest BCUT2D eigenvalue weighted by molar-refractivity contribution is 6.15. The number of hydrogen-bond donors (Lipinski definition) is 3. The van der Waals surface area contributed by atoms with Crippen LogP contribution in [0.15, 0.2) is 54.6 Å². The van der Waals surface area contributed by atoms with Gasteiger partial charge in [0.2, 0.25) is 0 Å². The zero-order valence-corrected chi connectivity index (χ0v) is 14.4. The van der Waals surface area contributed by atoms with E-state index in [9.17, 15) is 10.2 Å². The van der Waals surface area contributed by atoms with Crippen LogP contribution in [0, 0.1) is 0 Å². The molecule has 3 N–H and O–H groups in total. The van der Waals surface area contributed by atoms with Crippen LogP contribution in [0.4, 0.5) is 0 Å². The number of benzene rings is 3. The lowest BCUT2D eigenvalue weighted by molar-refractivity contribution is 0.137. The predicted molar refractivity (Wildman–Crippen MR) is 102 cm³/mol. The molecule has 0 radical (unpaired) electrons. The molecule has 0 spiro atoms. The van der Waals surface area contributed by atoms with Gasteiger partial charge in [-0.3, -0.25) is 0 Å². The van der Waals surface area contributed by atoms with Crippen molar-refractivity contribution in [3.05, 3.63) is 60.2 Å². The Morgan fingerprint density at radius 3 is 2.20 bits per heavy atom. The summed E-state index contributed by atoms with van der Waals surface area (Å²) in [5.41, 5.74) is 5.93. The average Bonchev–Trinajstić information content (AvgIpc) is 2.98. The van der Waals surface area contributed by atoms with Crippen LogP contribution < -0.4 is 5.32 Å². The lowest BCUT2D eigenvalue weighted by Crippen LogP contribution is -2.46. The van der Waals surface area contributed by atoms with Crippen molar-refractivity contribution in [2.75, 3.05) is 13.2 Å². The van der Waals surface area contributed by atoms with Crippen LogP contribution in [0.2, 0.25) is 0 Å². The van der Waals surface area contributed by atoms with Crippen molar-refractivity contribution >= 4 is 10.8 Å². The van der Waals surface area contributed by atoms with Crippen LogP contribution >= 0.6 is 0 Å². The summed E-state index contributed by atoms with van der Waals surface area (Å²) < 4.78 is 0. The molecule has 3 aromatic rings. The lowest BCUT2D eigenvalue weighted by Gasteiger charge is -2.28. The standard InChI is InChI=1S/C22H23NO2/c1-22(14-25,11-12-24)23-13-15-9-10-20-18-6-3-2-5-17(18)19-8-4-7-16(15)21(19)20/h2-10,23-25H,11-14H2,1H3. The van der Waals surface area contributed by atoms with Crippen LogP contribution in [-0.4, -0.2) is 29.0 Å². The second-order valence-corrected chi connectivity index (χ2v) is 7.09. The van der Waals surface area contributed by atoms with Crippen molar-refractivity contribution in [2.45, 2.75) is 25.4 Å². The Hall–Kier alpha value is -2.20. The van der Waals surface area contributed by atoms with Gasteiger partial charge < -0.3 is 15.5 Å². The molecule has 1 aliphatic carbocycles. The maximum atomic E-state index is 9.65. The van der Waals surface area contributed by atoms with Gasteiger partial charge in [-0.1, -0.05) is 54.6 Å². The van der Waals surface area contributed by atoms with Gasteiger partial charge in [0.25, 0.3) is 0 Å². The van der Waals surface area contributed by atoms with Crippen LogP contribution in [0.25, 0.3) is 33.0 Å². The third-order valence-electron chi connectivity index (χ3n) is 5.36. The minimum atomic E-state index is -0.472. The molecular formula is C22H23NO2. The van der Waals surface area contributed by atoms with Gasteiger partial charge in [-0.15, -0.1) is 0 Å². The molecule has 3 aromatic carbocycles. The molecule has 1 unspecified atom stereocenters. The highest BCUT2D eigenvalue weighted by Crippen LogP contribution is 2.47. The van der Waals surface area contributed by atoms with Gasteiger partial charge in [-0.25, -0.2) is 0 Å². The first-order valence-electron chi connectivity index (χ1n) is 8.78. The number of aliphatic hydroxyl groups is 2. The second-order valence-electron chi connectivity index (χ2n) is 7.09. The van der Waals surface area contributed by atoms with Crippen molar-refractivity contribution in [1.82, 2.24) is 5.32 Å². The molecule has 0 heterocycles. The highest BCUT2D eigenvalue weighted by Gasteiger charge is 2.24. The maximum absolute atomic E-state index is 9.65. The fourth-order valence-corrected chi connectivity index (χ4v) is 3.80. The average molecular weight is 333 g/mol. The topological polar surface area (TPSA) is 52.5 Å². The molecular weight excluding hydrogens is 310 g/mol. The third kappa shape index (κ3) is 2.65. The van der Waals surface area contributed by atoms with Gasteiger partial charge >= 0.3 is 0 Å². The van der Waals surface area contributed by atoms with E-state index < -0.39 is 5.54 Å². The Balaban J connectivity index is 1.76. The monoisotopic (exact) mass is 333 g/mol. The molecule has 1 aliphatic rings. The van der Waals surface area contributed by atoms with Crippen LogP contribution in [0.1, 0.15) is 18.9 Å². The zero-order valence-electron chi connectivity index (χ0n) is 14.4. The van der Waals surface area contributed by atoms with E-state index in [0.29, 0.717) is 13.0 Å². The highest BCUT2D eigenvalue weighted by atomic mass is 16.3. The Kier molecular flexibility index (Phi) is 4.08. The van der Waals surface area contributed by atoms with Crippen molar-refractivity contribution in [3.63, 3.8) is 0 Å². The third-order valence-corrected chi connectivity index (χ3v) is 5.36. The Bertz CT molecular complexity index is 905. The Morgan fingerprint density at radius 2 is 1.52 bits per heavy atom. The summed E-state index contributed by atoms with van der Waals surface area (Å²) in [5.74, 6) is 0. The lowest BCUT2D eigenvalue weighted by atomic mass is 9.96. The fourth-order valence-electron chi connectivity index (χ4n) is 3.80. The molecule has 0 amide bonds. The van der Waals surface area contributed by atoms with E-state index in [0.717, 1.165) is 0 Å². The smallest absolute Gasteiger partial charge is 0.0611 e. The number of nitrogens with one attached hydrogen (secondary N) is 1. The molecule has 25 heavy (non-hydrogen) atoms. The summed E-state index contributed by atoms with van der Waals surface area (Å²) in [6.07, 6.45) is 0.524. The van der Waals surface area contributed by atoms with E-state index in [1.807, 2.05) is 6.92 Å². The van der Waals surface area contributed by atoms with Gasteiger partial charge in [0, 0.05) is 18.7 Å². The molecule has 1 atom stereocenters. The molecule has 0 saturated carbocycles. The molecule has 0 aliphatic heterocycles. The quantitative estimate of drug-likeness (QED) is 0.504. The van der Waals surface area contributed by atoms with Gasteiger partial charge in [-0.2, -0.15) is 0 Å². The van der Waals surface area contributed by atoms with E-state index in [1.165, 1.54) is 38.6 Å². The molecule has 3 heteroatoms. The second kappa shape index (κ2) is 6.26. The largest absolute Gasteiger partial charge is 0.396 e. The summed E-state index contributed by atoms with van der Waals surface area (Å²) in [7, 11) is 0. The molecule has 4 rings (SSSR count). The fraction of sp³-hybridized carbons (Fsp3) is 0.273. The van der Waals surface area contributed by atoms with E-state index >= 15 is 0 Å². The number of hydrogen-bond acceptors (Lipinski definition) is 3. The summed E-state index contributed by atoms with van der Waals surface area (Å²) in [5, 5.41) is 24.9. The predicted octanol–water partition coefficient (Wildman–Crippen LogP) is 3.71. The summed E-state index contributed by atoms with van der Waals surface area (Å²) in [6, 6.07) is 19.4. The molecule has 3 nitrogen and oxygen atoms in total. The number of fused-ring (bicyclic) bond motifs is 3. The minimum absolute atomic E-state index is 0.000265. The normalized spacial score (nSPS) is 14.5. The first-order chi connectivity index (χ1) is 12.2. The molecule has 0 fully saturated rings. The van der Waals surface area contributed by atoms with E-state index in [1.54, 1.807) is 0 Å². The van der Waals surface area contributed by atoms with Crippen LogP contribution in [-0.2, 0) is 6.54 Å². The van der Waals surface area contributed by atoms with Crippen LogP contribution in [0.5, 0.6) is 0 Å². The van der Waals surface area contributed by atoms with Crippen molar-refractivity contribution in [3.8, 4) is 22.3 Å². The van der Waals surface area contributed by atoms with Crippen molar-refractivity contribution in [2.24, 2.45) is 0 Å². The van der Waals surface area contributed by atoms with Crippen molar-refractivity contribution < 1.29 is 10.2 Å². The summed E-state index contributed by atoms with van der Waals surface area (Å²) >= 11 is 0. The summed E-state index contributed by atoms with van der Waals surface area (Å²) in [6.45, 7) is 2.66. The number of aliphatic hydroxyl groups excluding tert-OH is 2. The van der Waals surface area contributed by atoms with Crippen molar-refractivity contribution in [1.29, 1.82) is 0 Å². The van der Waals surface area contributed by atoms with E-state index in [2.05, 4.69) is 59.9 Å². The maximum Gasteiger partial charge on any atom is 0.0611 e. The molecule has 0 saturated heterocycles. The molecule has 0 aromatic heterocycles.